The smallest absolute Gasteiger partial charge is 0.257 e. The van der Waals surface area contributed by atoms with E-state index in [0.29, 0.717) is 23.2 Å². The molecule has 0 aliphatic heterocycles. The summed E-state index contributed by atoms with van der Waals surface area (Å²) in [6.07, 6.45) is 1.33. The summed E-state index contributed by atoms with van der Waals surface area (Å²) in [5.41, 5.74) is 0. The number of amides is 1. The second kappa shape index (κ2) is 6.59. The van der Waals surface area contributed by atoms with E-state index in [-0.39, 0.29) is 18.6 Å². The van der Waals surface area contributed by atoms with Crippen LogP contribution in [0.1, 0.15) is 12.8 Å². The van der Waals surface area contributed by atoms with E-state index >= 15 is 0 Å². The highest BCUT2D eigenvalue weighted by molar-refractivity contribution is 9.10. The Morgan fingerprint density at radius 1 is 1.53 bits per heavy atom. The van der Waals surface area contributed by atoms with Crippen LogP contribution in [0.4, 0.5) is 0 Å². The van der Waals surface area contributed by atoms with Gasteiger partial charge in [0.2, 0.25) is 0 Å². The first-order valence-corrected chi connectivity index (χ1v) is 7.24. The van der Waals surface area contributed by atoms with Gasteiger partial charge in [0.1, 0.15) is 5.75 Å². The standard InChI is InChI=1S/C13H15BrClNO3/c14-9-1-2-12(11(15)5-9)19-7-13(18)16-6-8-3-10(17)4-8/h1-2,5,8,10,17H,3-4,6-7H2,(H,16,18). The van der Waals surface area contributed by atoms with Crippen LogP contribution in [0, 0.1) is 5.92 Å². The van der Waals surface area contributed by atoms with E-state index in [2.05, 4.69) is 21.2 Å². The molecular formula is C13H15BrClNO3. The molecule has 0 spiro atoms. The van der Waals surface area contributed by atoms with Gasteiger partial charge in [-0.05, 0) is 37.0 Å². The van der Waals surface area contributed by atoms with E-state index in [1.165, 1.54) is 0 Å². The highest BCUT2D eigenvalue weighted by Crippen LogP contribution is 2.28. The summed E-state index contributed by atoms with van der Waals surface area (Å²) in [6, 6.07) is 5.22. The molecule has 0 heterocycles. The van der Waals surface area contributed by atoms with Crippen molar-refractivity contribution in [2.75, 3.05) is 13.2 Å². The molecule has 104 valence electrons. The van der Waals surface area contributed by atoms with Gasteiger partial charge in [0, 0.05) is 11.0 Å². The van der Waals surface area contributed by atoms with Crippen LogP contribution in [0.5, 0.6) is 5.75 Å². The van der Waals surface area contributed by atoms with Crippen LogP contribution < -0.4 is 10.1 Å². The molecule has 0 unspecified atom stereocenters. The first-order chi connectivity index (χ1) is 9.04. The fourth-order valence-corrected chi connectivity index (χ4v) is 2.64. The van der Waals surface area contributed by atoms with Gasteiger partial charge in [-0.3, -0.25) is 4.79 Å². The van der Waals surface area contributed by atoms with Crippen LogP contribution in [0.2, 0.25) is 5.02 Å². The summed E-state index contributed by atoms with van der Waals surface area (Å²) in [7, 11) is 0. The number of hydrogen-bond acceptors (Lipinski definition) is 3. The summed E-state index contributed by atoms with van der Waals surface area (Å²) in [4.78, 5) is 11.6. The lowest BCUT2D eigenvalue weighted by atomic mass is 9.82. The second-order valence-corrected chi connectivity index (χ2v) is 5.98. The van der Waals surface area contributed by atoms with Gasteiger partial charge in [-0.25, -0.2) is 0 Å². The third-order valence-corrected chi connectivity index (χ3v) is 3.84. The maximum Gasteiger partial charge on any atom is 0.257 e. The zero-order chi connectivity index (χ0) is 13.8. The molecule has 0 bridgehead atoms. The van der Waals surface area contributed by atoms with Crippen LogP contribution in [0.15, 0.2) is 22.7 Å². The van der Waals surface area contributed by atoms with Gasteiger partial charge in [0.15, 0.2) is 6.61 Å². The SMILES string of the molecule is O=C(COc1ccc(Br)cc1Cl)NCC1CC(O)C1. The number of rotatable bonds is 5. The number of aliphatic hydroxyl groups excluding tert-OH is 1. The van der Waals surface area contributed by atoms with E-state index < -0.39 is 0 Å². The van der Waals surface area contributed by atoms with Crippen molar-refractivity contribution < 1.29 is 14.6 Å². The molecule has 1 aliphatic rings. The number of carbonyl (C=O) groups excluding carboxylic acids is 1. The molecule has 2 N–H and O–H groups in total. The first kappa shape index (κ1) is 14.6. The Hall–Kier alpha value is -0.780. The van der Waals surface area contributed by atoms with Gasteiger partial charge in [-0.1, -0.05) is 27.5 Å². The zero-order valence-electron chi connectivity index (χ0n) is 10.2. The average Bonchev–Trinajstić information content (AvgIpc) is 2.32. The number of benzene rings is 1. The van der Waals surface area contributed by atoms with E-state index in [4.69, 9.17) is 21.4 Å². The average molecular weight is 349 g/mol. The van der Waals surface area contributed by atoms with Gasteiger partial charge < -0.3 is 15.2 Å². The molecule has 1 amide bonds. The molecule has 0 aromatic heterocycles. The molecule has 6 heteroatoms. The monoisotopic (exact) mass is 347 g/mol. The summed E-state index contributed by atoms with van der Waals surface area (Å²) in [6.45, 7) is 0.532. The van der Waals surface area contributed by atoms with E-state index in [1.54, 1.807) is 18.2 Å². The van der Waals surface area contributed by atoms with E-state index in [0.717, 1.165) is 17.3 Å². The molecule has 0 atom stereocenters. The fourth-order valence-electron chi connectivity index (χ4n) is 1.91. The minimum Gasteiger partial charge on any atom is -0.482 e. The molecule has 1 aromatic rings. The lowest BCUT2D eigenvalue weighted by Gasteiger charge is -2.31. The molecule has 0 saturated heterocycles. The Morgan fingerprint density at radius 2 is 2.26 bits per heavy atom. The predicted molar refractivity (Wildman–Crippen MR) is 76.4 cm³/mol. The molecule has 4 nitrogen and oxygen atoms in total. The van der Waals surface area contributed by atoms with Crippen molar-refractivity contribution in [3.05, 3.63) is 27.7 Å². The molecule has 19 heavy (non-hydrogen) atoms. The van der Waals surface area contributed by atoms with E-state index in [9.17, 15) is 4.79 Å². The molecule has 2 rings (SSSR count). The third kappa shape index (κ3) is 4.37. The molecule has 1 aliphatic carbocycles. The zero-order valence-corrected chi connectivity index (χ0v) is 12.6. The number of carbonyl (C=O) groups is 1. The van der Waals surface area contributed by atoms with Crippen LogP contribution in [-0.4, -0.2) is 30.3 Å². The first-order valence-electron chi connectivity index (χ1n) is 6.07. The Morgan fingerprint density at radius 3 is 2.89 bits per heavy atom. The van der Waals surface area contributed by atoms with Crippen LogP contribution in [-0.2, 0) is 4.79 Å². The maximum absolute atomic E-state index is 11.6. The van der Waals surface area contributed by atoms with E-state index in [1.807, 2.05) is 0 Å². The minimum absolute atomic E-state index is 0.0589. The van der Waals surface area contributed by atoms with Crippen LogP contribution in [0.25, 0.3) is 0 Å². The van der Waals surface area contributed by atoms with Crippen molar-refractivity contribution in [1.82, 2.24) is 5.32 Å². The second-order valence-electron chi connectivity index (χ2n) is 4.66. The normalized spacial score (nSPS) is 21.6. The van der Waals surface area contributed by atoms with Crippen molar-refractivity contribution in [2.24, 2.45) is 5.92 Å². The van der Waals surface area contributed by atoms with Gasteiger partial charge in [0.25, 0.3) is 5.91 Å². The fraction of sp³-hybridized carbons (Fsp3) is 0.462. The summed E-state index contributed by atoms with van der Waals surface area (Å²) in [5.74, 6) is 0.690. The van der Waals surface area contributed by atoms with Gasteiger partial charge in [-0.2, -0.15) is 0 Å². The van der Waals surface area contributed by atoms with Gasteiger partial charge >= 0.3 is 0 Å². The van der Waals surface area contributed by atoms with Crippen molar-refractivity contribution in [1.29, 1.82) is 0 Å². The molecule has 1 fully saturated rings. The van der Waals surface area contributed by atoms with Crippen molar-refractivity contribution in [3.8, 4) is 5.75 Å². The highest BCUT2D eigenvalue weighted by Gasteiger charge is 2.27. The largest absolute Gasteiger partial charge is 0.482 e. The number of hydrogen-bond donors (Lipinski definition) is 2. The number of nitrogens with one attached hydrogen (secondary N) is 1. The highest BCUT2D eigenvalue weighted by atomic mass is 79.9. The Labute approximate surface area is 125 Å². The third-order valence-electron chi connectivity index (χ3n) is 3.05. The summed E-state index contributed by atoms with van der Waals surface area (Å²) >= 11 is 9.27. The lowest BCUT2D eigenvalue weighted by molar-refractivity contribution is -0.123. The topological polar surface area (TPSA) is 58.6 Å². The number of halogens is 2. The Kier molecular flexibility index (Phi) is 5.07. The molecule has 1 saturated carbocycles. The quantitative estimate of drug-likeness (QED) is 0.859. The van der Waals surface area contributed by atoms with Crippen molar-refractivity contribution >= 4 is 33.4 Å². The Balaban J connectivity index is 1.71. The summed E-state index contributed by atoms with van der Waals surface area (Å²) < 4.78 is 6.20. The van der Waals surface area contributed by atoms with Crippen molar-refractivity contribution in [3.63, 3.8) is 0 Å². The number of aliphatic hydroxyl groups is 1. The van der Waals surface area contributed by atoms with Crippen LogP contribution >= 0.6 is 27.5 Å². The minimum atomic E-state index is -0.195. The van der Waals surface area contributed by atoms with Gasteiger partial charge in [0.05, 0.1) is 11.1 Å². The summed E-state index contributed by atoms with van der Waals surface area (Å²) in [5, 5.41) is 12.4. The maximum atomic E-state index is 11.6. The Bertz CT molecular complexity index is 463. The number of ether oxygens (including phenoxy) is 1. The van der Waals surface area contributed by atoms with Crippen LogP contribution in [0.3, 0.4) is 0 Å². The molecule has 0 radical (unpaired) electrons. The van der Waals surface area contributed by atoms with Crippen molar-refractivity contribution in [2.45, 2.75) is 18.9 Å². The van der Waals surface area contributed by atoms with Gasteiger partial charge in [-0.15, -0.1) is 0 Å². The predicted octanol–water partition coefficient (Wildman–Crippen LogP) is 2.37. The molecule has 1 aromatic carbocycles. The molecular weight excluding hydrogens is 334 g/mol. The lowest BCUT2D eigenvalue weighted by Crippen LogP contribution is -2.39.